The van der Waals surface area contributed by atoms with Crippen LogP contribution >= 0.6 is 0 Å². The number of nitrogens with two attached hydrogens (primary N) is 1. The molecule has 0 spiro atoms. The summed E-state index contributed by atoms with van der Waals surface area (Å²) >= 11 is 0. The van der Waals surface area contributed by atoms with Gasteiger partial charge in [-0.1, -0.05) is 84.0 Å². The molecule has 190 valence electrons. The first kappa shape index (κ1) is 23.9. The van der Waals surface area contributed by atoms with Crippen LogP contribution in [0, 0.1) is 5.82 Å². The molecule has 0 aliphatic carbocycles. The normalized spacial score (nSPS) is 10.9. The van der Waals surface area contributed by atoms with Crippen LogP contribution in [0.2, 0.25) is 0 Å². The fraction of sp³-hybridized carbons (Fsp3) is 0.0333. The Morgan fingerprint density at radius 2 is 1.56 bits per heavy atom. The summed E-state index contributed by atoms with van der Waals surface area (Å²) in [6, 6.07) is 29.7. The van der Waals surface area contributed by atoms with Gasteiger partial charge in [0.05, 0.1) is 24.1 Å². The third kappa shape index (κ3) is 5.05. The minimum Gasteiger partial charge on any atom is -0.382 e. The lowest BCUT2D eigenvalue weighted by Crippen LogP contribution is -2.06. The summed E-state index contributed by atoms with van der Waals surface area (Å²) in [4.78, 5) is 13.9. The molecule has 9 heteroatoms. The molecule has 2 N–H and O–H groups in total. The van der Waals surface area contributed by atoms with E-state index >= 15 is 0 Å². The molecule has 6 aromatic rings. The maximum atomic E-state index is 14.4. The van der Waals surface area contributed by atoms with Crippen molar-refractivity contribution in [3.8, 4) is 22.9 Å². The molecule has 0 amide bonds. The van der Waals surface area contributed by atoms with Gasteiger partial charge in [0.2, 0.25) is 0 Å². The van der Waals surface area contributed by atoms with E-state index in [4.69, 9.17) is 15.2 Å². The van der Waals surface area contributed by atoms with Crippen LogP contribution < -0.4 is 5.73 Å². The Kier molecular flexibility index (Phi) is 6.45. The second-order valence-corrected chi connectivity index (χ2v) is 8.71. The van der Waals surface area contributed by atoms with E-state index in [0.29, 0.717) is 34.2 Å². The van der Waals surface area contributed by atoms with Crippen LogP contribution in [-0.4, -0.2) is 30.6 Å². The monoisotopic (exact) mass is 515 g/mol. The summed E-state index contributed by atoms with van der Waals surface area (Å²) in [5, 5.41) is 8.68. The highest BCUT2D eigenvalue weighted by molar-refractivity contribution is 6.14. The number of anilines is 1. The topological polar surface area (TPSA) is 108 Å². The average Bonchev–Trinajstić information content (AvgIpc) is 3.65. The fourth-order valence-corrected chi connectivity index (χ4v) is 4.19. The lowest BCUT2D eigenvalue weighted by Gasteiger charge is -2.09. The van der Waals surface area contributed by atoms with E-state index in [1.807, 2.05) is 60.7 Å². The Morgan fingerprint density at radius 1 is 0.872 bits per heavy atom. The summed E-state index contributed by atoms with van der Waals surface area (Å²) in [6.45, 7) is 0.185. The van der Waals surface area contributed by atoms with E-state index in [0.717, 1.165) is 16.8 Å². The van der Waals surface area contributed by atoms with Gasteiger partial charge >= 0.3 is 0 Å². The van der Waals surface area contributed by atoms with Gasteiger partial charge in [0.1, 0.15) is 29.2 Å². The highest BCUT2D eigenvalue weighted by Gasteiger charge is 2.18. The molecule has 0 aliphatic heterocycles. The van der Waals surface area contributed by atoms with Crippen molar-refractivity contribution >= 4 is 17.2 Å². The van der Waals surface area contributed by atoms with Gasteiger partial charge in [-0.2, -0.15) is 5.10 Å². The Labute approximate surface area is 223 Å². The van der Waals surface area contributed by atoms with Crippen molar-refractivity contribution in [1.82, 2.24) is 24.9 Å². The van der Waals surface area contributed by atoms with Crippen LogP contribution in [0.5, 0.6) is 0 Å². The number of halogens is 1. The SMILES string of the molecule is Nc1nc(-c2cc(-c3ccon3)n(Cc3ccccc3F)n2)ncc1N=C(c1ccccc1)c1ccccc1. The summed E-state index contributed by atoms with van der Waals surface area (Å²) in [5.41, 5.74) is 11.6. The Morgan fingerprint density at radius 3 is 2.21 bits per heavy atom. The first-order valence-corrected chi connectivity index (χ1v) is 12.2. The zero-order valence-corrected chi connectivity index (χ0v) is 20.6. The molecule has 0 atom stereocenters. The molecule has 39 heavy (non-hydrogen) atoms. The predicted octanol–water partition coefficient (Wildman–Crippen LogP) is 5.93. The number of hydrogen-bond acceptors (Lipinski definition) is 7. The maximum Gasteiger partial charge on any atom is 0.182 e. The molecule has 0 saturated heterocycles. The summed E-state index contributed by atoms with van der Waals surface area (Å²) in [6.07, 6.45) is 3.04. The van der Waals surface area contributed by atoms with Crippen LogP contribution in [0.15, 0.2) is 119 Å². The van der Waals surface area contributed by atoms with E-state index in [1.165, 1.54) is 12.3 Å². The van der Waals surface area contributed by atoms with Gasteiger partial charge < -0.3 is 10.3 Å². The number of nitrogens with zero attached hydrogens (tertiary/aromatic N) is 6. The van der Waals surface area contributed by atoms with Crippen LogP contribution in [-0.2, 0) is 6.54 Å². The van der Waals surface area contributed by atoms with Crippen molar-refractivity contribution in [1.29, 1.82) is 0 Å². The molecule has 3 heterocycles. The Hall–Kier alpha value is -5.44. The highest BCUT2D eigenvalue weighted by Crippen LogP contribution is 2.28. The number of rotatable bonds is 7. The smallest absolute Gasteiger partial charge is 0.182 e. The molecule has 3 aromatic carbocycles. The number of benzene rings is 3. The average molecular weight is 516 g/mol. The second kappa shape index (κ2) is 10.5. The quantitative estimate of drug-likeness (QED) is 0.264. The minimum absolute atomic E-state index is 0.185. The molecule has 6 rings (SSSR count). The lowest BCUT2D eigenvalue weighted by atomic mass is 10.0. The van der Waals surface area contributed by atoms with E-state index in [1.54, 1.807) is 41.2 Å². The van der Waals surface area contributed by atoms with E-state index in [-0.39, 0.29) is 18.2 Å². The van der Waals surface area contributed by atoms with Crippen LogP contribution in [0.1, 0.15) is 16.7 Å². The fourth-order valence-electron chi connectivity index (χ4n) is 4.19. The van der Waals surface area contributed by atoms with Gasteiger partial charge in [0.15, 0.2) is 11.6 Å². The van der Waals surface area contributed by atoms with Gasteiger partial charge in [-0.3, -0.25) is 4.68 Å². The van der Waals surface area contributed by atoms with Crippen molar-refractivity contribution in [2.75, 3.05) is 5.73 Å². The Balaban J connectivity index is 1.39. The molecule has 0 bridgehead atoms. The van der Waals surface area contributed by atoms with E-state index in [9.17, 15) is 4.39 Å². The third-order valence-electron chi connectivity index (χ3n) is 6.11. The molecule has 0 unspecified atom stereocenters. The zero-order chi connectivity index (χ0) is 26.6. The van der Waals surface area contributed by atoms with Gasteiger partial charge in [0.25, 0.3) is 0 Å². The van der Waals surface area contributed by atoms with Crippen molar-refractivity contribution in [2.45, 2.75) is 6.54 Å². The molecule has 0 radical (unpaired) electrons. The van der Waals surface area contributed by atoms with Gasteiger partial charge in [0, 0.05) is 22.8 Å². The Bertz CT molecular complexity index is 1710. The number of aromatic nitrogens is 5. The van der Waals surface area contributed by atoms with Gasteiger partial charge in [-0.25, -0.2) is 19.4 Å². The molecule has 0 fully saturated rings. The first-order chi connectivity index (χ1) is 19.2. The number of aliphatic imine (C=N–C) groups is 1. The second-order valence-electron chi connectivity index (χ2n) is 8.71. The summed E-state index contributed by atoms with van der Waals surface area (Å²) < 4.78 is 21.1. The third-order valence-corrected chi connectivity index (χ3v) is 6.11. The first-order valence-electron chi connectivity index (χ1n) is 12.2. The summed E-state index contributed by atoms with van der Waals surface area (Å²) in [7, 11) is 0. The van der Waals surface area contributed by atoms with E-state index < -0.39 is 0 Å². The van der Waals surface area contributed by atoms with E-state index in [2.05, 4.69) is 20.2 Å². The lowest BCUT2D eigenvalue weighted by molar-refractivity contribution is 0.421. The van der Waals surface area contributed by atoms with Crippen LogP contribution in [0.3, 0.4) is 0 Å². The molecule has 0 aliphatic rings. The number of nitrogen functional groups attached to an aromatic ring is 1. The summed E-state index contributed by atoms with van der Waals surface area (Å²) in [5.74, 6) is 0.191. The van der Waals surface area contributed by atoms with Crippen molar-refractivity contribution < 1.29 is 8.91 Å². The van der Waals surface area contributed by atoms with Crippen LogP contribution in [0.4, 0.5) is 15.9 Å². The zero-order valence-electron chi connectivity index (χ0n) is 20.6. The standard InChI is InChI=1S/C30H22FN7O/c31-23-14-8-7-13-22(23)19-38-27(24-15-16-39-37-24)17-25(36-38)30-33-18-26(29(32)35-30)34-28(20-9-3-1-4-10-20)21-11-5-2-6-12-21/h1-18H,19H2,(H2,32,33,35). The molecular weight excluding hydrogens is 493 g/mol. The number of hydrogen-bond donors (Lipinski definition) is 1. The van der Waals surface area contributed by atoms with Crippen LogP contribution in [0.25, 0.3) is 22.9 Å². The minimum atomic E-state index is -0.323. The van der Waals surface area contributed by atoms with Gasteiger partial charge in [-0.05, 0) is 12.1 Å². The largest absolute Gasteiger partial charge is 0.382 e. The predicted molar refractivity (Wildman–Crippen MR) is 147 cm³/mol. The van der Waals surface area contributed by atoms with Gasteiger partial charge in [-0.15, -0.1) is 0 Å². The molecule has 8 nitrogen and oxygen atoms in total. The molecular formula is C30H22FN7O. The van der Waals surface area contributed by atoms with Crippen molar-refractivity contribution in [3.63, 3.8) is 0 Å². The van der Waals surface area contributed by atoms with Crippen molar-refractivity contribution in [2.24, 2.45) is 4.99 Å². The molecule has 3 aromatic heterocycles. The van der Waals surface area contributed by atoms with Crippen molar-refractivity contribution in [3.05, 3.63) is 132 Å². The highest BCUT2D eigenvalue weighted by atomic mass is 19.1. The molecule has 0 saturated carbocycles. The maximum absolute atomic E-state index is 14.4.